The smallest absolute Gasteiger partial charge is 0.0512 e. The molecule has 0 bridgehead atoms. The lowest BCUT2D eigenvalue weighted by atomic mass is 9.98. The summed E-state index contributed by atoms with van der Waals surface area (Å²) in [6, 6.07) is 6.98. The van der Waals surface area contributed by atoms with Gasteiger partial charge in [0.2, 0.25) is 0 Å². The van der Waals surface area contributed by atoms with Crippen molar-refractivity contribution in [1.29, 1.82) is 0 Å². The van der Waals surface area contributed by atoms with Crippen LogP contribution in [0.2, 0.25) is 0 Å². The second kappa shape index (κ2) is 6.07. The number of nitrogens with zero attached hydrogens (tertiary/aromatic N) is 1. The zero-order valence-electron chi connectivity index (χ0n) is 12.3. The van der Waals surface area contributed by atoms with E-state index < -0.39 is 0 Å². The Hall–Kier alpha value is -0.540. The van der Waals surface area contributed by atoms with Gasteiger partial charge in [0.25, 0.3) is 0 Å². The minimum atomic E-state index is 0.165. The van der Waals surface area contributed by atoms with Crippen LogP contribution in [-0.2, 0) is 0 Å². The number of nitrogens with one attached hydrogen (secondary N) is 1. The van der Waals surface area contributed by atoms with Crippen molar-refractivity contribution in [1.82, 2.24) is 5.32 Å². The summed E-state index contributed by atoms with van der Waals surface area (Å²) >= 11 is 3.70. The molecule has 0 aliphatic heterocycles. The van der Waals surface area contributed by atoms with Crippen LogP contribution in [0.15, 0.2) is 22.7 Å². The second-order valence-electron chi connectivity index (χ2n) is 5.45. The Morgan fingerprint density at radius 1 is 1.39 bits per heavy atom. The molecule has 0 aromatic heterocycles. The van der Waals surface area contributed by atoms with Crippen LogP contribution in [0.3, 0.4) is 0 Å². The van der Waals surface area contributed by atoms with Crippen LogP contribution >= 0.6 is 15.9 Å². The molecule has 1 N–H and O–H groups in total. The first-order valence-corrected chi connectivity index (χ1v) is 7.33. The maximum Gasteiger partial charge on any atom is 0.0512 e. The van der Waals surface area contributed by atoms with E-state index in [1.165, 1.54) is 11.3 Å². The van der Waals surface area contributed by atoms with Gasteiger partial charge in [0.05, 0.1) is 5.69 Å². The highest BCUT2D eigenvalue weighted by atomic mass is 79.9. The lowest BCUT2D eigenvalue weighted by Gasteiger charge is -2.37. The number of hydrogen-bond acceptors (Lipinski definition) is 2. The fourth-order valence-electron chi connectivity index (χ4n) is 1.79. The van der Waals surface area contributed by atoms with Crippen LogP contribution < -0.4 is 10.2 Å². The van der Waals surface area contributed by atoms with E-state index in [2.05, 4.69) is 79.1 Å². The predicted molar refractivity (Wildman–Crippen MR) is 84.4 cm³/mol. The van der Waals surface area contributed by atoms with Gasteiger partial charge in [-0.1, -0.05) is 13.0 Å². The van der Waals surface area contributed by atoms with Crippen molar-refractivity contribution < 1.29 is 0 Å². The molecule has 0 radical (unpaired) electrons. The van der Waals surface area contributed by atoms with E-state index in [0.29, 0.717) is 6.04 Å². The van der Waals surface area contributed by atoms with Crippen molar-refractivity contribution in [2.24, 2.45) is 0 Å². The van der Waals surface area contributed by atoms with Crippen molar-refractivity contribution in [3.63, 3.8) is 0 Å². The third-order valence-corrected chi connectivity index (χ3v) is 4.67. The Labute approximate surface area is 120 Å². The van der Waals surface area contributed by atoms with Crippen LogP contribution in [0, 0.1) is 0 Å². The van der Waals surface area contributed by atoms with Crippen LogP contribution in [0.4, 0.5) is 5.69 Å². The molecule has 0 fully saturated rings. The highest BCUT2D eigenvalue weighted by Gasteiger charge is 2.23. The van der Waals surface area contributed by atoms with Gasteiger partial charge in [-0.05, 0) is 67.9 Å². The molecule has 0 aliphatic rings. The normalized spacial score (nSPS) is 13.5. The molecule has 0 heterocycles. The zero-order chi connectivity index (χ0) is 13.9. The van der Waals surface area contributed by atoms with Gasteiger partial charge in [-0.25, -0.2) is 0 Å². The van der Waals surface area contributed by atoms with Crippen molar-refractivity contribution in [2.75, 3.05) is 19.0 Å². The Bertz CT molecular complexity index is 401. The molecule has 1 unspecified atom stereocenters. The minimum absolute atomic E-state index is 0.165. The van der Waals surface area contributed by atoms with Crippen molar-refractivity contribution in [3.8, 4) is 0 Å². The van der Waals surface area contributed by atoms with Crippen LogP contribution in [0.25, 0.3) is 0 Å². The van der Waals surface area contributed by atoms with Gasteiger partial charge in [0.1, 0.15) is 0 Å². The van der Waals surface area contributed by atoms with Gasteiger partial charge in [0.15, 0.2) is 0 Å². The number of rotatable bonds is 5. The second-order valence-corrected chi connectivity index (χ2v) is 6.30. The third kappa shape index (κ3) is 3.27. The van der Waals surface area contributed by atoms with Crippen molar-refractivity contribution in [2.45, 2.75) is 45.7 Å². The van der Waals surface area contributed by atoms with Gasteiger partial charge >= 0.3 is 0 Å². The standard InChI is InChI=1S/C15H25BrN2/c1-7-15(3,4)18(6)14-9-8-12(10-13(14)16)11(2)17-5/h8-11,17H,7H2,1-6H3. The molecule has 1 atom stereocenters. The molecule has 2 nitrogen and oxygen atoms in total. The van der Waals surface area contributed by atoms with E-state index in [-0.39, 0.29) is 5.54 Å². The summed E-state index contributed by atoms with van der Waals surface area (Å²) in [6.07, 6.45) is 1.12. The predicted octanol–water partition coefficient (Wildman–Crippen LogP) is 4.35. The first kappa shape index (κ1) is 15.5. The first-order chi connectivity index (χ1) is 8.33. The van der Waals surface area contributed by atoms with Gasteiger partial charge in [-0.3, -0.25) is 0 Å². The monoisotopic (exact) mass is 312 g/mol. The highest BCUT2D eigenvalue weighted by Crippen LogP contribution is 2.33. The van der Waals surface area contributed by atoms with E-state index in [4.69, 9.17) is 0 Å². The summed E-state index contributed by atoms with van der Waals surface area (Å²) in [5.41, 5.74) is 2.71. The molecule has 0 saturated heterocycles. The SMILES string of the molecule is CCC(C)(C)N(C)c1ccc(C(C)NC)cc1Br. The lowest BCUT2D eigenvalue weighted by molar-refractivity contribution is 0.470. The molecular formula is C15H25BrN2. The molecule has 1 rings (SSSR count). The van der Waals surface area contributed by atoms with E-state index in [9.17, 15) is 0 Å². The molecule has 3 heteroatoms. The fraction of sp³-hybridized carbons (Fsp3) is 0.600. The molecule has 0 saturated carbocycles. The van der Waals surface area contributed by atoms with Crippen LogP contribution in [0.1, 0.15) is 45.7 Å². The largest absolute Gasteiger partial charge is 0.369 e. The first-order valence-electron chi connectivity index (χ1n) is 6.54. The van der Waals surface area contributed by atoms with E-state index in [1.54, 1.807) is 0 Å². The number of hydrogen-bond donors (Lipinski definition) is 1. The molecular weight excluding hydrogens is 288 g/mol. The maximum atomic E-state index is 3.70. The van der Waals surface area contributed by atoms with Crippen molar-refractivity contribution >= 4 is 21.6 Å². The summed E-state index contributed by atoms with van der Waals surface area (Å²) in [7, 11) is 4.14. The summed E-state index contributed by atoms with van der Waals surface area (Å²) < 4.78 is 1.16. The van der Waals surface area contributed by atoms with E-state index >= 15 is 0 Å². The Balaban J connectivity index is 3.06. The fourth-order valence-corrected chi connectivity index (χ4v) is 2.46. The Morgan fingerprint density at radius 3 is 2.44 bits per heavy atom. The molecule has 102 valence electrons. The summed E-state index contributed by atoms with van der Waals surface area (Å²) in [4.78, 5) is 2.34. The van der Waals surface area contributed by atoms with Gasteiger partial charge in [-0.2, -0.15) is 0 Å². The van der Waals surface area contributed by atoms with Crippen LogP contribution in [-0.4, -0.2) is 19.6 Å². The van der Waals surface area contributed by atoms with Crippen molar-refractivity contribution in [3.05, 3.63) is 28.2 Å². The minimum Gasteiger partial charge on any atom is -0.369 e. The quantitative estimate of drug-likeness (QED) is 0.869. The maximum absolute atomic E-state index is 3.70. The molecule has 0 amide bonds. The number of benzene rings is 1. The van der Waals surface area contributed by atoms with E-state index in [0.717, 1.165) is 10.9 Å². The number of halogens is 1. The Kier molecular flexibility index (Phi) is 5.23. The lowest BCUT2D eigenvalue weighted by Crippen LogP contribution is -2.40. The van der Waals surface area contributed by atoms with Gasteiger partial charge in [0, 0.05) is 23.1 Å². The highest BCUT2D eigenvalue weighted by molar-refractivity contribution is 9.10. The summed E-state index contributed by atoms with van der Waals surface area (Å²) in [5.74, 6) is 0. The molecule has 0 spiro atoms. The Morgan fingerprint density at radius 2 is 2.00 bits per heavy atom. The van der Waals surface area contributed by atoms with Crippen LogP contribution in [0.5, 0.6) is 0 Å². The van der Waals surface area contributed by atoms with E-state index in [1.807, 2.05) is 7.05 Å². The average molecular weight is 313 g/mol. The molecule has 18 heavy (non-hydrogen) atoms. The summed E-state index contributed by atoms with van der Waals surface area (Å²) in [6.45, 7) is 8.93. The topological polar surface area (TPSA) is 15.3 Å². The summed E-state index contributed by atoms with van der Waals surface area (Å²) in [5, 5.41) is 3.26. The third-order valence-electron chi connectivity index (χ3n) is 4.04. The number of anilines is 1. The molecule has 1 aromatic carbocycles. The van der Waals surface area contributed by atoms with Gasteiger partial charge < -0.3 is 10.2 Å². The molecule has 0 aliphatic carbocycles. The zero-order valence-corrected chi connectivity index (χ0v) is 13.9. The molecule has 1 aromatic rings. The average Bonchev–Trinajstić information content (AvgIpc) is 2.36. The van der Waals surface area contributed by atoms with Gasteiger partial charge in [-0.15, -0.1) is 0 Å².